The van der Waals surface area contributed by atoms with Gasteiger partial charge in [-0.1, -0.05) is 36.4 Å². The van der Waals surface area contributed by atoms with E-state index in [0.29, 0.717) is 0 Å². The van der Waals surface area contributed by atoms with E-state index in [-0.39, 0.29) is 13.6 Å². The highest BCUT2D eigenvalue weighted by molar-refractivity contribution is 5.81. The fraction of sp³-hybridized carbons (Fsp3) is 0.273. The molecule has 4 heteroatoms. The van der Waals surface area contributed by atoms with Gasteiger partial charge >= 0.3 is 0 Å². The number of rotatable bonds is 10. The maximum absolute atomic E-state index is 5.83. The number of hydrogen-bond acceptors (Lipinski definition) is 4. The molecule has 0 fully saturated rings. The molecule has 0 unspecified atom stereocenters. The zero-order valence-corrected chi connectivity index (χ0v) is 15.7. The van der Waals surface area contributed by atoms with Crippen molar-refractivity contribution in [3.05, 3.63) is 66.3 Å². The second-order valence-electron chi connectivity index (χ2n) is 5.64. The maximum atomic E-state index is 5.83. The van der Waals surface area contributed by atoms with Gasteiger partial charge in [-0.25, -0.2) is 0 Å². The van der Waals surface area contributed by atoms with Gasteiger partial charge < -0.3 is 18.9 Å². The van der Waals surface area contributed by atoms with E-state index in [1.165, 1.54) is 0 Å². The lowest BCUT2D eigenvalue weighted by Gasteiger charge is -2.18. The van der Waals surface area contributed by atoms with Crippen LogP contribution in [0.5, 0.6) is 11.5 Å². The van der Waals surface area contributed by atoms with Gasteiger partial charge in [0.1, 0.15) is 11.5 Å². The molecule has 2 rings (SSSR count). The highest BCUT2D eigenvalue weighted by atomic mass is 16.7. The molecule has 0 N–H and O–H groups in total. The van der Waals surface area contributed by atoms with Gasteiger partial charge in [0.25, 0.3) is 0 Å². The first-order valence-corrected chi connectivity index (χ1v) is 8.48. The zero-order chi connectivity index (χ0) is 18.8. The molecule has 0 aromatic heterocycles. The van der Waals surface area contributed by atoms with Gasteiger partial charge in [0, 0.05) is 25.3 Å². The summed E-state index contributed by atoms with van der Waals surface area (Å²) in [5.74, 6) is 1.48. The van der Waals surface area contributed by atoms with Gasteiger partial charge in [-0.05, 0) is 42.7 Å². The first-order chi connectivity index (χ1) is 12.7. The molecule has 0 aliphatic carbocycles. The minimum Gasteiger partial charge on any atom is -0.467 e. The summed E-state index contributed by atoms with van der Waals surface area (Å²) in [7, 11) is 3.21. The van der Waals surface area contributed by atoms with E-state index >= 15 is 0 Å². The van der Waals surface area contributed by atoms with E-state index in [0.717, 1.165) is 40.2 Å². The zero-order valence-electron chi connectivity index (χ0n) is 15.7. The van der Waals surface area contributed by atoms with Crippen molar-refractivity contribution >= 4 is 6.08 Å². The lowest BCUT2D eigenvalue weighted by atomic mass is 9.94. The fourth-order valence-electron chi connectivity index (χ4n) is 2.74. The largest absolute Gasteiger partial charge is 0.467 e. The Morgan fingerprint density at radius 1 is 0.962 bits per heavy atom. The third-order valence-electron chi connectivity index (χ3n) is 3.77. The Morgan fingerprint density at radius 2 is 1.69 bits per heavy atom. The van der Waals surface area contributed by atoms with Gasteiger partial charge in [0.15, 0.2) is 13.6 Å². The summed E-state index contributed by atoms with van der Waals surface area (Å²) < 4.78 is 21.8. The molecule has 0 bridgehead atoms. The Morgan fingerprint density at radius 3 is 2.35 bits per heavy atom. The Kier molecular flexibility index (Phi) is 7.93. The van der Waals surface area contributed by atoms with E-state index in [1.54, 1.807) is 14.2 Å². The van der Waals surface area contributed by atoms with Gasteiger partial charge in [0.05, 0.1) is 0 Å². The fourth-order valence-corrected chi connectivity index (χ4v) is 2.74. The Hall–Kier alpha value is -2.56. The summed E-state index contributed by atoms with van der Waals surface area (Å²) in [4.78, 5) is 0. The van der Waals surface area contributed by atoms with Crippen LogP contribution in [-0.4, -0.2) is 27.8 Å². The van der Waals surface area contributed by atoms with Crippen molar-refractivity contribution in [3.8, 4) is 22.6 Å². The van der Waals surface area contributed by atoms with E-state index in [2.05, 4.69) is 24.8 Å². The van der Waals surface area contributed by atoms with Crippen molar-refractivity contribution in [1.82, 2.24) is 0 Å². The quantitative estimate of drug-likeness (QED) is 0.440. The van der Waals surface area contributed by atoms with Crippen LogP contribution in [0.1, 0.15) is 18.1 Å². The second kappa shape index (κ2) is 10.4. The van der Waals surface area contributed by atoms with E-state index < -0.39 is 0 Å². The van der Waals surface area contributed by atoms with E-state index in [9.17, 15) is 0 Å². The van der Waals surface area contributed by atoms with Crippen LogP contribution in [0.15, 0.2) is 55.1 Å². The first-order valence-electron chi connectivity index (χ1n) is 8.48. The predicted molar refractivity (Wildman–Crippen MR) is 105 cm³/mol. The predicted octanol–water partition coefficient (Wildman–Crippen LogP) is 5.08. The van der Waals surface area contributed by atoms with E-state index in [4.69, 9.17) is 18.9 Å². The van der Waals surface area contributed by atoms with Crippen LogP contribution >= 0.6 is 0 Å². The number of benzene rings is 2. The smallest absolute Gasteiger partial charge is 0.188 e. The molecule has 2 aromatic rings. The lowest BCUT2D eigenvalue weighted by Crippen LogP contribution is -2.04. The first kappa shape index (κ1) is 19.8. The number of methoxy groups -OCH3 is 2. The van der Waals surface area contributed by atoms with Crippen LogP contribution < -0.4 is 9.47 Å². The van der Waals surface area contributed by atoms with Crippen molar-refractivity contribution in [3.63, 3.8) is 0 Å². The average molecular weight is 354 g/mol. The number of ether oxygens (including phenoxy) is 4. The summed E-state index contributed by atoms with van der Waals surface area (Å²) >= 11 is 0. The van der Waals surface area contributed by atoms with Crippen molar-refractivity contribution < 1.29 is 18.9 Å². The van der Waals surface area contributed by atoms with Crippen molar-refractivity contribution in [2.75, 3.05) is 27.8 Å². The molecule has 2 aromatic carbocycles. The Balaban J connectivity index is 2.65. The molecule has 0 spiro atoms. The van der Waals surface area contributed by atoms with Crippen LogP contribution in [0.3, 0.4) is 0 Å². The number of hydrogen-bond donors (Lipinski definition) is 0. The molecule has 4 nitrogen and oxygen atoms in total. The molecule has 0 aliphatic heterocycles. The van der Waals surface area contributed by atoms with Crippen LogP contribution in [0.25, 0.3) is 17.2 Å². The van der Waals surface area contributed by atoms with Crippen molar-refractivity contribution in [2.24, 2.45) is 0 Å². The highest BCUT2D eigenvalue weighted by Gasteiger charge is 2.16. The molecule has 26 heavy (non-hydrogen) atoms. The van der Waals surface area contributed by atoms with Crippen LogP contribution in [0.2, 0.25) is 0 Å². The van der Waals surface area contributed by atoms with Gasteiger partial charge in [-0.3, -0.25) is 0 Å². The second-order valence-corrected chi connectivity index (χ2v) is 5.64. The molecule has 138 valence electrons. The minimum atomic E-state index is 0.174. The topological polar surface area (TPSA) is 36.9 Å². The molecule has 0 saturated carbocycles. The summed E-state index contributed by atoms with van der Waals surface area (Å²) in [5, 5.41) is 0. The average Bonchev–Trinajstić information content (AvgIpc) is 2.66. The van der Waals surface area contributed by atoms with Crippen LogP contribution in [-0.2, 0) is 15.9 Å². The van der Waals surface area contributed by atoms with E-state index in [1.807, 2.05) is 43.3 Å². The lowest BCUT2D eigenvalue weighted by molar-refractivity contribution is 0.0500. The molecular weight excluding hydrogens is 328 g/mol. The molecule has 0 aliphatic rings. The van der Waals surface area contributed by atoms with Crippen molar-refractivity contribution in [2.45, 2.75) is 13.3 Å². The Labute approximate surface area is 155 Å². The third-order valence-corrected chi connectivity index (χ3v) is 3.77. The van der Waals surface area contributed by atoms with Crippen molar-refractivity contribution in [1.29, 1.82) is 0 Å². The molecule has 0 amide bonds. The summed E-state index contributed by atoms with van der Waals surface area (Å²) in [5.41, 5.74) is 4.11. The monoisotopic (exact) mass is 354 g/mol. The molecule has 0 heterocycles. The minimum absolute atomic E-state index is 0.174. The normalized spacial score (nSPS) is 10.9. The molecular formula is C22H26O4. The molecule has 0 radical (unpaired) electrons. The van der Waals surface area contributed by atoms with Gasteiger partial charge in [-0.2, -0.15) is 0 Å². The number of allylic oxidation sites excluding steroid dienone is 2. The summed E-state index contributed by atoms with van der Waals surface area (Å²) in [6, 6.07) is 12.0. The SMILES string of the molecule is C=CCc1cccc(OCOC)c1-c1cc(/C=C/C)ccc1OCOC. The molecule has 0 saturated heterocycles. The Bertz CT molecular complexity index is 750. The maximum Gasteiger partial charge on any atom is 0.188 e. The van der Waals surface area contributed by atoms with Gasteiger partial charge in [-0.15, -0.1) is 6.58 Å². The third kappa shape index (κ3) is 4.97. The molecule has 0 atom stereocenters. The van der Waals surface area contributed by atoms with Crippen LogP contribution in [0, 0.1) is 0 Å². The summed E-state index contributed by atoms with van der Waals surface area (Å²) in [6.07, 6.45) is 6.66. The standard InChI is InChI=1S/C22H26O4/c1-5-8-17-12-13-20(25-15-23-3)19(14-17)22-18(9-6-2)10-7-11-21(22)26-16-24-4/h5-8,10-14H,2,9,15-16H2,1,3-4H3/b8-5+. The highest BCUT2D eigenvalue weighted by Crippen LogP contribution is 2.40. The van der Waals surface area contributed by atoms with Crippen LogP contribution in [0.4, 0.5) is 0 Å². The van der Waals surface area contributed by atoms with Gasteiger partial charge in [0.2, 0.25) is 0 Å². The summed E-state index contributed by atoms with van der Waals surface area (Å²) in [6.45, 7) is 6.22.